The highest BCUT2D eigenvalue weighted by Gasteiger charge is 2.27. The van der Waals surface area contributed by atoms with E-state index in [0.717, 1.165) is 12.8 Å². The van der Waals surface area contributed by atoms with Gasteiger partial charge in [-0.2, -0.15) is 5.10 Å². The minimum absolute atomic E-state index is 0.0269. The lowest BCUT2D eigenvalue weighted by atomic mass is 10.1. The Morgan fingerprint density at radius 1 is 1.67 bits per heavy atom. The van der Waals surface area contributed by atoms with Gasteiger partial charge in [-0.1, -0.05) is 0 Å². The number of hydrogen-bond donors (Lipinski definition) is 1. The van der Waals surface area contributed by atoms with Crippen LogP contribution in [-0.4, -0.2) is 37.0 Å². The molecule has 1 aliphatic heterocycles. The van der Waals surface area contributed by atoms with Crippen molar-refractivity contribution >= 4 is 10.0 Å². The molecule has 1 aromatic heterocycles. The van der Waals surface area contributed by atoms with Crippen molar-refractivity contribution in [2.75, 3.05) is 6.61 Å². The molecule has 102 valence electrons. The van der Waals surface area contributed by atoms with Crippen molar-refractivity contribution < 1.29 is 13.2 Å². The standard InChI is InChI=1S/C11H19N3O3S/c1-3-14-8-10(7-12-14)18(15,16)13-9(2)11-5-4-6-17-11/h7-9,11,13H,3-6H2,1-2H3. The molecule has 1 fully saturated rings. The van der Waals surface area contributed by atoms with Crippen LogP contribution in [0, 0.1) is 0 Å². The maximum atomic E-state index is 12.1. The quantitative estimate of drug-likeness (QED) is 0.859. The van der Waals surface area contributed by atoms with Gasteiger partial charge in [0.05, 0.1) is 12.3 Å². The maximum absolute atomic E-state index is 12.1. The molecule has 0 radical (unpaired) electrons. The average molecular weight is 273 g/mol. The van der Waals surface area contributed by atoms with Gasteiger partial charge in [0.1, 0.15) is 4.90 Å². The third-order valence-electron chi connectivity index (χ3n) is 3.11. The van der Waals surface area contributed by atoms with Crippen molar-refractivity contribution in [3.8, 4) is 0 Å². The van der Waals surface area contributed by atoms with Crippen LogP contribution in [0.1, 0.15) is 26.7 Å². The number of ether oxygens (including phenoxy) is 1. The minimum atomic E-state index is -3.50. The summed E-state index contributed by atoms with van der Waals surface area (Å²) in [5.74, 6) is 0. The fraction of sp³-hybridized carbons (Fsp3) is 0.727. The topological polar surface area (TPSA) is 73.2 Å². The Labute approximate surface area is 107 Å². The Balaban J connectivity index is 2.06. The molecule has 0 bridgehead atoms. The number of sulfonamides is 1. The van der Waals surface area contributed by atoms with E-state index in [2.05, 4.69) is 9.82 Å². The fourth-order valence-corrected chi connectivity index (χ4v) is 3.27. The van der Waals surface area contributed by atoms with Gasteiger partial charge in [-0.3, -0.25) is 4.68 Å². The largest absolute Gasteiger partial charge is 0.377 e. The number of aromatic nitrogens is 2. The summed E-state index contributed by atoms with van der Waals surface area (Å²) in [5, 5.41) is 3.97. The van der Waals surface area contributed by atoms with E-state index in [9.17, 15) is 8.42 Å². The summed E-state index contributed by atoms with van der Waals surface area (Å²) in [6, 6.07) is -0.220. The average Bonchev–Trinajstić information content (AvgIpc) is 3.00. The second-order valence-electron chi connectivity index (χ2n) is 4.49. The van der Waals surface area contributed by atoms with Crippen LogP contribution >= 0.6 is 0 Å². The molecular formula is C11H19N3O3S. The SMILES string of the molecule is CCn1cc(S(=O)(=O)NC(C)C2CCCO2)cn1. The maximum Gasteiger partial charge on any atom is 0.244 e. The molecule has 0 spiro atoms. The van der Waals surface area contributed by atoms with E-state index in [4.69, 9.17) is 4.74 Å². The molecule has 2 atom stereocenters. The van der Waals surface area contributed by atoms with Gasteiger partial charge in [-0.15, -0.1) is 0 Å². The van der Waals surface area contributed by atoms with Crippen LogP contribution in [0.15, 0.2) is 17.3 Å². The lowest BCUT2D eigenvalue weighted by Gasteiger charge is -2.19. The highest BCUT2D eigenvalue weighted by atomic mass is 32.2. The monoisotopic (exact) mass is 273 g/mol. The van der Waals surface area contributed by atoms with Gasteiger partial charge >= 0.3 is 0 Å². The number of hydrogen-bond acceptors (Lipinski definition) is 4. The summed E-state index contributed by atoms with van der Waals surface area (Å²) in [5.41, 5.74) is 0. The Kier molecular flexibility index (Phi) is 4.04. The number of aryl methyl sites for hydroxylation is 1. The van der Waals surface area contributed by atoms with Gasteiger partial charge < -0.3 is 4.74 Å². The zero-order valence-corrected chi connectivity index (χ0v) is 11.5. The zero-order chi connectivity index (χ0) is 13.2. The zero-order valence-electron chi connectivity index (χ0n) is 10.7. The molecular weight excluding hydrogens is 254 g/mol. The van der Waals surface area contributed by atoms with E-state index in [1.165, 1.54) is 12.4 Å². The molecule has 18 heavy (non-hydrogen) atoms. The van der Waals surface area contributed by atoms with Crippen LogP contribution in [0.5, 0.6) is 0 Å². The number of nitrogens with zero attached hydrogens (tertiary/aromatic N) is 2. The molecule has 0 saturated carbocycles. The van der Waals surface area contributed by atoms with E-state index in [-0.39, 0.29) is 17.0 Å². The first-order valence-corrected chi connectivity index (χ1v) is 7.67. The van der Waals surface area contributed by atoms with Crippen LogP contribution in [0.3, 0.4) is 0 Å². The van der Waals surface area contributed by atoms with E-state index >= 15 is 0 Å². The van der Waals surface area contributed by atoms with Crippen LogP contribution < -0.4 is 4.72 Å². The summed E-state index contributed by atoms with van der Waals surface area (Å²) in [4.78, 5) is 0.203. The Morgan fingerprint density at radius 2 is 2.44 bits per heavy atom. The van der Waals surface area contributed by atoms with Crippen LogP contribution in [-0.2, 0) is 21.3 Å². The smallest absolute Gasteiger partial charge is 0.244 e. The lowest BCUT2D eigenvalue weighted by molar-refractivity contribution is 0.0902. The number of nitrogens with one attached hydrogen (secondary N) is 1. The Bertz CT molecular complexity index is 491. The molecule has 0 amide bonds. The van der Waals surface area contributed by atoms with Gasteiger partial charge in [-0.05, 0) is 26.7 Å². The number of rotatable bonds is 5. The summed E-state index contributed by atoms with van der Waals surface area (Å²) < 4.78 is 33.9. The van der Waals surface area contributed by atoms with Crippen molar-refractivity contribution in [2.45, 2.75) is 50.3 Å². The Morgan fingerprint density at radius 3 is 3.00 bits per heavy atom. The van der Waals surface area contributed by atoms with E-state index in [1.54, 1.807) is 4.68 Å². The molecule has 1 N–H and O–H groups in total. The van der Waals surface area contributed by atoms with Crippen LogP contribution in [0.4, 0.5) is 0 Å². The van der Waals surface area contributed by atoms with Gasteiger partial charge in [0.15, 0.2) is 0 Å². The normalized spacial score (nSPS) is 22.2. The molecule has 7 heteroatoms. The van der Waals surface area contributed by atoms with Crippen molar-refractivity contribution in [2.24, 2.45) is 0 Å². The van der Waals surface area contributed by atoms with Gasteiger partial charge in [0.25, 0.3) is 0 Å². The molecule has 2 unspecified atom stereocenters. The fourth-order valence-electron chi connectivity index (χ4n) is 2.04. The first kappa shape index (κ1) is 13.5. The van der Waals surface area contributed by atoms with Crippen LogP contribution in [0.2, 0.25) is 0 Å². The molecule has 2 rings (SSSR count). The molecule has 1 aromatic rings. The van der Waals surface area contributed by atoms with Crippen LogP contribution in [0.25, 0.3) is 0 Å². The van der Waals surface area contributed by atoms with E-state index in [0.29, 0.717) is 13.2 Å². The van der Waals surface area contributed by atoms with E-state index < -0.39 is 10.0 Å². The third-order valence-corrected chi connectivity index (χ3v) is 4.62. The molecule has 1 saturated heterocycles. The molecule has 0 aromatic carbocycles. The molecule has 1 aliphatic rings. The first-order chi connectivity index (χ1) is 8.53. The van der Waals surface area contributed by atoms with Crippen molar-refractivity contribution in [1.29, 1.82) is 0 Å². The predicted molar refractivity (Wildman–Crippen MR) is 66.7 cm³/mol. The second-order valence-corrected chi connectivity index (χ2v) is 6.21. The summed E-state index contributed by atoms with van der Waals surface area (Å²) in [6.45, 7) is 5.10. The summed E-state index contributed by atoms with van der Waals surface area (Å²) in [6.07, 6.45) is 4.77. The summed E-state index contributed by atoms with van der Waals surface area (Å²) >= 11 is 0. The van der Waals surface area contributed by atoms with Crippen molar-refractivity contribution in [3.05, 3.63) is 12.4 Å². The second kappa shape index (κ2) is 5.38. The third kappa shape index (κ3) is 2.90. The Hall–Kier alpha value is -0.920. The molecule has 0 aliphatic carbocycles. The van der Waals surface area contributed by atoms with Crippen molar-refractivity contribution in [1.82, 2.24) is 14.5 Å². The van der Waals surface area contributed by atoms with Gasteiger partial charge in [0.2, 0.25) is 10.0 Å². The lowest BCUT2D eigenvalue weighted by Crippen LogP contribution is -2.40. The first-order valence-electron chi connectivity index (χ1n) is 6.19. The summed E-state index contributed by atoms with van der Waals surface area (Å²) in [7, 11) is -3.50. The van der Waals surface area contributed by atoms with Gasteiger partial charge in [0, 0.05) is 25.4 Å². The molecule has 6 nitrogen and oxygen atoms in total. The minimum Gasteiger partial charge on any atom is -0.377 e. The van der Waals surface area contributed by atoms with E-state index in [1.807, 2.05) is 13.8 Å². The highest BCUT2D eigenvalue weighted by Crippen LogP contribution is 2.17. The molecule has 2 heterocycles. The van der Waals surface area contributed by atoms with Crippen molar-refractivity contribution in [3.63, 3.8) is 0 Å². The highest BCUT2D eigenvalue weighted by molar-refractivity contribution is 7.89. The van der Waals surface area contributed by atoms with Gasteiger partial charge in [-0.25, -0.2) is 13.1 Å². The predicted octanol–water partition coefficient (Wildman–Crippen LogP) is 0.749.